The Hall–Kier alpha value is -0.650. The molecule has 0 saturated heterocycles. The number of rotatable bonds is 4. The third-order valence-corrected chi connectivity index (χ3v) is 4.97. The van der Waals surface area contributed by atoms with Crippen molar-refractivity contribution in [2.24, 2.45) is 0 Å². The summed E-state index contributed by atoms with van der Waals surface area (Å²) in [6.45, 7) is 0. The van der Waals surface area contributed by atoms with Gasteiger partial charge in [-0.2, -0.15) is 0 Å². The lowest BCUT2D eigenvalue weighted by Crippen LogP contribution is -1.82. The van der Waals surface area contributed by atoms with Crippen LogP contribution < -0.4 is 0 Å². The molecule has 2 rings (SSSR count). The normalized spacial score (nSPS) is 10.3. The topological polar surface area (TPSA) is 30.0 Å². The van der Waals surface area contributed by atoms with Gasteiger partial charge in [-0.05, 0) is 28.1 Å². The molecule has 0 unspecified atom stereocenters. The Balaban J connectivity index is 2.02. The molecule has 1 aromatic carbocycles. The lowest BCUT2D eigenvalue weighted by molar-refractivity contribution is 0.111. The number of nitrogens with zero attached hydrogens (tertiary/aromatic N) is 1. The maximum Gasteiger partial charge on any atom is 0.169 e. The summed E-state index contributed by atoms with van der Waals surface area (Å²) < 4.78 is 1.09. The van der Waals surface area contributed by atoms with Crippen molar-refractivity contribution < 1.29 is 4.79 Å². The second-order valence-corrected chi connectivity index (χ2v) is 5.82. The first-order valence-corrected chi connectivity index (χ1v) is 7.22. The van der Waals surface area contributed by atoms with Crippen LogP contribution in [0.3, 0.4) is 0 Å². The van der Waals surface area contributed by atoms with E-state index in [1.807, 2.05) is 18.2 Å². The molecular weight excluding hydrogens is 306 g/mol. The van der Waals surface area contributed by atoms with Gasteiger partial charge in [0.05, 0.1) is 5.75 Å². The number of thiazole rings is 1. The van der Waals surface area contributed by atoms with Gasteiger partial charge in [-0.15, -0.1) is 23.1 Å². The van der Waals surface area contributed by atoms with E-state index in [1.54, 1.807) is 17.1 Å². The number of carbonyl (C=O) groups excluding carboxylic acids is 1. The number of aromatic nitrogens is 1. The minimum absolute atomic E-state index is 0.521. The minimum Gasteiger partial charge on any atom is -0.296 e. The van der Waals surface area contributed by atoms with Crippen LogP contribution in [0, 0.1) is 0 Å². The van der Waals surface area contributed by atoms with Gasteiger partial charge in [0.15, 0.2) is 6.29 Å². The summed E-state index contributed by atoms with van der Waals surface area (Å²) in [6, 6.07) is 8.07. The molecule has 0 amide bonds. The van der Waals surface area contributed by atoms with Gasteiger partial charge in [-0.25, -0.2) is 4.98 Å². The van der Waals surface area contributed by atoms with E-state index in [1.165, 1.54) is 16.2 Å². The molecule has 2 aromatic rings. The molecule has 1 aromatic heterocycles. The number of aldehydes is 1. The van der Waals surface area contributed by atoms with Crippen LogP contribution in [0.15, 0.2) is 39.0 Å². The lowest BCUT2D eigenvalue weighted by Gasteiger charge is -2.01. The number of hydrogen-bond acceptors (Lipinski definition) is 4. The molecule has 16 heavy (non-hydrogen) atoms. The highest BCUT2D eigenvalue weighted by Gasteiger charge is 2.04. The van der Waals surface area contributed by atoms with Crippen LogP contribution in [-0.2, 0) is 5.75 Å². The van der Waals surface area contributed by atoms with Gasteiger partial charge in [0.1, 0.15) is 10.7 Å². The molecule has 0 aliphatic rings. The highest BCUT2D eigenvalue weighted by atomic mass is 79.9. The standard InChI is InChI=1S/C11H8BrNOS2/c12-9-3-1-2-4-10(9)15-7-11-13-8(5-14)6-16-11/h1-6H,7H2. The van der Waals surface area contributed by atoms with Crippen LogP contribution in [0.2, 0.25) is 0 Å². The smallest absolute Gasteiger partial charge is 0.169 e. The second kappa shape index (κ2) is 5.61. The first-order chi connectivity index (χ1) is 7.79. The lowest BCUT2D eigenvalue weighted by atomic mass is 10.4. The number of thioether (sulfide) groups is 1. The first kappa shape index (κ1) is 11.8. The average Bonchev–Trinajstić information content (AvgIpc) is 2.76. The third kappa shape index (κ3) is 2.93. The van der Waals surface area contributed by atoms with Crippen LogP contribution in [0.5, 0.6) is 0 Å². The number of halogens is 1. The van der Waals surface area contributed by atoms with E-state index in [4.69, 9.17) is 0 Å². The number of benzene rings is 1. The van der Waals surface area contributed by atoms with E-state index in [0.717, 1.165) is 21.5 Å². The maximum atomic E-state index is 10.5. The summed E-state index contributed by atoms with van der Waals surface area (Å²) in [6.07, 6.45) is 0.781. The number of carbonyl (C=O) groups is 1. The molecule has 0 spiro atoms. The van der Waals surface area contributed by atoms with E-state index in [2.05, 4.69) is 27.0 Å². The quantitative estimate of drug-likeness (QED) is 0.631. The highest BCUT2D eigenvalue weighted by Crippen LogP contribution is 2.30. The van der Waals surface area contributed by atoms with E-state index >= 15 is 0 Å². The van der Waals surface area contributed by atoms with Crippen molar-refractivity contribution in [2.75, 3.05) is 0 Å². The van der Waals surface area contributed by atoms with Crippen LogP contribution in [0.4, 0.5) is 0 Å². The Labute approximate surface area is 110 Å². The summed E-state index contributed by atoms with van der Waals surface area (Å²) in [5, 5.41) is 2.76. The molecule has 0 N–H and O–H groups in total. The molecule has 0 radical (unpaired) electrons. The zero-order valence-electron chi connectivity index (χ0n) is 8.22. The van der Waals surface area contributed by atoms with E-state index in [0.29, 0.717) is 5.69 Å². The van der Waals surface area contributed by atoms with E-state index < -0.39 is 0 Å². The van der Waals surface area contributed by atoms with Crippen LogP contribution in [0.25, 0.3) is 0 Å². The molecule has 0 bridgehead atoms. The Kier molecular flexibility index (Phi) is 4.15. The Morgan fingerprint density at radius 3 is 2.94 bits per heavy atom. The minimum atomic E-state index is 0.521. The van der Waals surface area contributed by atoms with Crippen LogP contribution in [-0.4, -0.2) is 11.3 Å². The SMILES string of the molecule is O=Cc1csc(CSc2ccccc2Br)n1. The van der Waals surface area contributed by atoms with Crippen molar-refractivity contribution in [1.29, 1.82) is 0 Å². The van der Waals surface area contributed by atoms with E-state index in [9.17, 15) is 4.79 Å². The second-order valence-electron chi connectivity index (χ2n) is 3.00. The van der Waals surface area contributed by atoms with Crippen molar-refractivity contribution in [3.8, 4) is 0 Å². The molecule has 0 fully saturated rings. The van der Waals surface area contributed by atoms with Crippen molar-refractivity contribution in [3.05, 3.63) is 44.8 Å². The zero-order valence-corrected chi connectivity index (χ0v) is 11.4. The van der Waals surface area contributed by atoms with Gasteiger partial charge >= 0.3 is 0 Å². The van der Waals surface area contributed by atoms with Crippen molar-refractivity contribution >= 4 is 45.3 Å². The highest BCUT2D eigenvalue weighted by molar-refractivity contribution is 9.10. The van der Waals surface area contributed by atoms with Crippen molar-refractivity contribution in [2.45, 2.75) is 10.6 Å². The van der Waals surface area contributed by atoms with Crippen molar-refractivity contribution in [1.82, 2.24) is 4.98 Å². The third-order valence-electron chi connectivity index (χ3n) is 1.88. The Morgan fingerprint density at radius 2 is 2.25 bits per heavy atom. The molecule has 5 heteroatoms. The predicted molar refractivity (Wildman–Crippen MR) is 71.2 cm³/mol. The van der Waals surface area contributed by atoms with Gasteiger partial charge in [-0.1, -0.05) is 12.1 Å². The largest absolute Gasteiger partial charge is 0.296 e. The molecular formula is C11H8BrNOS2. The van der Waals surface area contributed by atoms with Gasteiger partial charge in [0.2, 0.25) is 0 Å². The molecule has 0 saturated carbocycles. The van der Waals surface area contributed by atoms with Crippen LogP contribution in [0.1, 0.15) is 15.5 Å². The molecule has 0 aliphatic carbocycles. The fourth-order valence-corrected chi connectivity index (χ4v) is 3.47. The first-order valence-electron chi connectivity index (χ1n) is 4.56. The summed E-state index contributed by atoms with van der Waals surface area (Å²) in [5.41, 5.74) is 0.521. The molecule has 0 aliphatic heterocycles. The molecule has 1 heterocycles. The summed E-state index contributed by atoms with van der Waals surface area (Å²) in [7, 11) is 0. The van der Waals surface area contributed by atoms with Crippen LogP contribution >= 0.6 is 39.0 Å². The molecule has 0 atom stereocenters. The molecule has 82 valence electrons. The van der Waals surface area contributed by atoms with Gasteiger partial charge < -0.3 is 0 Å². The monoisotopic (exact) mass is 313 g/mol. The summed E-state index contributed by atoms with van der Waals surface area (Å²) >= 11 is 6.72. The summed E-state index contributed by atoms with van der Waals surface area (Å²) in [4.78, 5) is 15.9. The number of hydrogen-bond donors (Lipinski definition) is 0. The molecule has 2 nitrogen and oxygen atoms in total. The average molecular weight is 314 g/mol. The van der Waals surface area contributed by atoms with Gasteiger partial charge in [0.25, 0.3) is 0 Å². The van der Waals surface area contributed by atoms with E-state index in [-0.39, 0.29) is 0 Å². The maximum absolute atomic E-state index is 10.5. The predicted octanol–water partition coefficient (Wildman–Crippen LogP) is 4.01. The summed E-state index contributed by atoms with van der Waals surface area (Å²) in [5.74, 6) is 0.793. The zero-order chi connectivity index (χ0) is 11.4. The van der Waals surface area contributed by atoms with Gasteiger partial charge in [-0.3, -0.25) is 4.79 Å². The fraction of sp³-hybridized carbons (Fsp3) is 0.0909. The Morgan fingerprint density at radius 1 is 1.44 bits per heavy atom. The van der Waals surface area contributed by atoms with Gasteiger partial charge in [0, 0.05) is 14.7 Å². The fourth-order valence-electron chi connectivity index (χ4n) is 1.15. The Bertz CT molecular complexity index is 498. The van der Waals surface area contributed by atoms with Crippen molar-refractivity contribution in [3.63, 3.8) is 0 Å².